The second-order valence-corrected chi connectivity index (χ2v) is 5.07. The van der Waals surface area contributed by atoms with E-state index in [1.54, 1.807) is 55.8 Å². The van der Waals surface area contributed by atoms with Gasteiger partial charge in [0, 0.05) is 27.9 Å². The van der Waals surface area contributed by atoms with Crippen LogP contribution in [-0.2, 0) is 0 Å². The maximum atomic E-state index is 11.9. The molecule has 5 heteroatoms. The minimum absolute atomic E-state index is 0.125. The van der Waals surface area contributed by atoms with Crippen molar-refractivity contribution in [3.05, 3.63) is 70.3 Å². The van der Waals surface area contributed by atoms with Gasteiger partial charge >= 0.3 is 0 Å². The Morgan fingerprint density at radius 1 is 1.10 bits per heavy atom. The second-order valence-electron chi connectivity index (χ2n) is 4.19. The molecule has 21 heavy (non-hydrogen) atoms. The van der Waals surface area contributed by atoms with Gasteiger partial charge in [-0.3, -0.25) is 4.79 Å². The standard InChI is InChI=1S/C16H13Cl2NO2/c1-21-16-7-6-13(18)10-14(16)19-9-8-15(20)11-2-4-12(17)5-3-11/h2-10,19H,1H3/b9-8+. The van der Waals surface area contributed by atoms with Crippen molar-refractivity contribution in [1.82, 2.24) is 0 Å². The van der Waals surface area contributed by atoms with E-state index in [2.05, 4.69) is 5.32 Å². The molecule has 0 spiro atoms. The van der Waals surface area contributed by atoms with E-state index >= 15 is 0 Å². The molecule has 0 atom stereocenters. The van der Waals surface area contributed by atoms with Gasteiger partial charge in [-0.25, -0.2) is 0 Å². The van der Waals surface area contributed by atoms with Crippen LogP contribution in [0.5, 0.6) is 5.75 Å². The van der Waals surface area contributed by atoms with E-state index in [0.29, 0.717) is 27.0 Å². The van der Waals surface area contributed by atoms with E-state index < -0.39 is 0 Å². The zero-order valence-electron chi connectivity index (χ0n) is 11.3. The number of hydrogen-bond donors (Lipinski definition) is 1. The third kappa shape index (κ3) is 4.25. The van der Waals surface area contributed by atoms with Gasteiger partial charge in [-0.2, -0.15) is 0 Å². The smallest absolute Gasteiger partial charge is 0.187 e. The van der Waals surface area contributed by atoms with Crippen LogP contribution in [0.4, 0.5) is 5.69 Å². The minimum atomic E-state index is -0.125. The van der Waals surface area contributed by atoms with Gasteiger partial charge in [-0.15, -0.1) is 0 Å². The van der Waals surface area contributed by atoms with E-state index in [9.17, 15) is 4.79 Å². The molecule has 0 aliphatic carbocycles. The molecule has 108 valence electrons. The summed E-state index contributed by atoms with van der Waals surface area (Å²) in [4.78, 5) is 11.9. The van der Waals surface area contributed by atoms with Crippen molar-refractivity contribution < 1.29 is 9.53 Å². The van der Waals surface area contributed by atoms with Gasteiger partial charge in [0.15, 0.2) is 5.78 Å². The summed E-state index contributed by atoms with van der Waals surface area (Å²) in [5.41, 5.74) is 1.25. The zero-order chi connectivity index (χ0) is 15.2. The van der Waals surface area contributed by atoms with Gasteiger partial charge in [0.05, 0.1) is 12.8 Å². The van der Waals surface area contributed by atoms with Crippen molar-refractivity contribution in [2.45, 2.75) is 0 Å². The fraction of sp³-hybridized carbons (Fsp3) is 0.0625. The number of hydrogen-bond acceptors (Lipinski definition) is 3. The first-order valence-corrected chi connectivity index (χ1v) is 6.92. The molecule has 0 saturated carbocycles. The lowest BCUT2D eigenvalue weighted by atomic mass is 10.1. The number of carbonyl (C=O) groups is 1. The first-order chi connectivity index (χ1) is 10.1. The van der Waals surface area contributed by atoms with Crippen molar-refractivity contribution in [3.63, 3.8) is 0 Å². The minimum Gasteiger partial charge on any atom is -0.495 e. The van der Waals surface area contributed by atoms with E-state index in [1.807, 2.05) is 0 Å². The molecule has 3 nitrogen and oxygen atoms in total. The molecular weight excluding hydrogens is 309 g/mol. The summed E-state index contributed by atoms with van der Waals surface area (Å²) < 4.78 is 5.20. The van der Waals surface area contributed by atoms with Crippen molar-refractivity contribution in [2.75, 3.05) is 12.4 Å². The summed E-state index contributed by atoms with van der Waals surface area (Å²) in [6.45, 7) is 0. The molecular formula is C16H13Cl2NO2. The molecule has 0 saturated heterocycles. The Kier molecular flexibility index (Phi) is 5.26. The maximum Gasteiger partial charge on any atom is 0.187 e. The predicted octanol–water partition coefficient (Wildman–Crippen LogP) is 4.81. The van der Waals surface area contributed by atoms with Gasteiger partial charge in [0.2, 0.25) is 0 Å². The first-order valence-electron chi connectivity index (χ1n) is 6.16. The Hall–Kier alpha value is -1.97. The molecule has 0 aliphatic rings. The molecule has 0 aliphatic heterocycles. The predicted molar refractivity (Wildman–Crippen MR) is 86.5 cm³/mol. The summed E-state index contributed by atoms with van der Waals surface area (Å²) in [6.07, 6.45) is 2.98. The molecule has 2 rings (SSSR count). The summed E-state index contributed by atoms with van der Waals surface area (Å²) in [5.74, 6) is 0.517. The summed E-state index contributed by atoms with van der Waals surface area (Å²) in [7, 11) is 1.57. The summed E-state index contributed by atoms with van der Waals surface area (Å²) in [6, 6.07) is 11.9. The number of ketones is 1. The molecule has 0 unspecified atom stereocenters. The van der Waals surface area contributed by atoms with Crippen molar-refractivity contribution >= 4 is 34.7 Å². The van der Waals surface area contributed by atoms with Gasteiger partial charge in [0.25, 0.3) is 0 Å². The van der Waals surface area contributed by atoms with Crippen LogP contribution in [0.2, 0.25) is 10.0 Å². The molecule has 0 aromatic heterocycles. The van der Waals surface area contributed by atoms with E-state index in [-0.39, 0.29) is 5.78 Å². The second kappa shape index (κ2) is 7.16. The van der Waals surface area contributed by atoms with Gasteiger partial charge in [-0.1, -0.05) is 23.2 Å². The average molecular weight is 322 g/mol. The highest BCUT2D eigenvalue weighted by molar-refractivity contribution is 6.31. The zero-order valence-corrected chi connectivity index (χ0v) is 12.8. The molecule has 0 fully saturated rings. The van der Waals surface area contributed by atoms with Gasteiger partial charge < -0.3 is 10.1 Å². The Bertz CT molecular complexity index is 666. The van der Waals surface area contributed by atoms with Crippen LogP contribution >= 0.6 is 23.2 Å². The Balaban J connectivity index is 2.07. The Morgan fingerprint density at radius 2 is 1.76 bits per heavy atom. The summed E-state index contributed by atoms with van der Waals surface area (Å²) in [5, 5.41) is 4.15. The molecule has 1 N–H and O–H groups in total. The number of anilines is 1. The number of benzene rings is 2. The van der Waals surface area contributed by atoms with Crippen molar-refractivity contribution in [3.8, 4) is 5.75 Å². The molecule has 0 radical (unpaired) electrons. The lowest BCUT2D eigenvalue weighted by molar-refractivity contribution is 0.104. The highest BCUT2D eigenvalue weighted by atomic mass is 35.5. The van der Waals surface area contributed by atoms with Crippen LogP contribution in [0, 0.1) is 0 Å². The van der Waals surface area contributed by atoms with Crippen LogP contribution < -0.4 is 10.1 Å². The highest BCUT2D eigenvalue weighted by Gasteiger charge is 2.03. The normalized spacial score (nSPS) is 10.6. The number of methoxy groups -OCH3 is 1. The third-order valence-corrected chi connectivity index (χ3v) is 3.25. The molecule has 2 aromatic carbocycles. The van der Waals surface area contributed by atoms with Crippen LogP contribution in [0.3, 0.4) is 0 Å². The van der Waals surface area contributed by atoms with E-state index in [1.165, 1.54) is 6.08 Å². The maximum absolute atomic E-state index is 11.9. The molecule has 2 aromatic rings. The molecule has 0 heterocycles. The number of ether oxygens (including phenoxy) is 1. The average Bonchev–Trinajstić information content (AvgIpc) is 2.48. The fourth-order valence-electron chi connectivity index (χ4n) is 1.71. The number of carbonyl (C=O) groups excluding carboxylic acids is 1. The highest BCUT2D eigenvalue weighted by Crippen LogP contribution is 2.27. The van der Waals surface area contributed by atoms with Crippen molar-refractivity contribution in [1.29, 1.82) is 0 Å². The van der Waals surface area contributed by atoms with Crippen molar-refractivity contribution in [2.24, 2.45) is 0 Å². The lowest BCUT2D eigenvalue weighted by Gasteiger charge is -2.08. The topological polar surface area (TPSA) is 38.3 Å². The lowest BCUT2D eigenvalue weighted by Crippen LogP contribution is -1.97. The van der Waals surface area contributed by atoms with Gasteiger partial charge in [0.1, 0.15) is 5.75 Å². The number of allylic oxidation sites excluding steroid dienone is 1. The van der Waals surface area contributed by atoms with E-state index in [4.69, 9.17) is 27.9 Å². The SMILES string of the molecule is COc1ccc(Cl)cc1N/C=C/C(=O)c1ccc(Cl)cc1. The number of halogens is 2. The Morgan fingerprint density at radius 3 is 2.43 bits per heavy atom. The van der Waals surface area contributed by atoms with Crippen LogP contribution in [0.1, 0.15) is 10.4 Å². The van der Waals surface area contributed by atoms with E-state index in [0.717, 1.165) is 0 Å². The molecule has 0 bridgehead atoms. The quantitative estimate of drug-likeness (QED) is 0.634. The monoisotopic (exact) mass is 321 g/mol. The fourth-order valence-corrected chi connectivity index (χ4v) is 2.01. The first kappa shape index (κ1) is 15.4. The van der Waals surface area contributed by atoms with Crippen LogP contribution in [0.25, 0.3) is 0 Å². The van der Waals surface area contributed by atoms with Crippen LogP contribution in [0.15, 0.2) is 54.7 Å². The largest absolute Gasteiger partial charge is 0.495 e. The van der Waals surface area contributed by atoms with Gasteiger partial charge in [-0.05, 0) is 42.5 Å². The number of rotatable bonds is 5. The van der Waals surface area contributed by atoms with Crippen LogP contribution in [-0.4, -0.2) is 12.9 Å². The number of nitrogens with one attached hydrogen (secondary N) is 1. The summed E-state index contributed by atoms with van der Waals surface area (Å²) >= 11 is 11.7. The Labute approximate surface area is 133 Å². The third-order valence-electron chi connectivity index (χ3n) is 2.76. The molecule has 0 amide bonds.